The number of anilines is 1. The molecule has 0 saturated heterocycles. The summed E-state index contributed by atoms with van der Waals surface area (Å²) in [6.07, 6.45) is 0. The van der Waals surface area contributed by atoms with Crippen molar-refractivity contribution in [2.75, 3.05) is 18.5 Å². The summed E-state index contributed by atoms with van der Waals surface area (Å²) in [5.74, 6) is 1.67. The fraction of sp³-hybridized carbons (Fsp3) is 0.250. The van der Waals surface area contributed by atoms with Crippen molar-refractivity contribution < 1.29 is 9.47 Å². The van der Waals surface area contributed by atoms with Crippen molar-refractivity contribution in [1.29, 1.82) is 0 Å². The Hall–Kier alpha value is -1.43. The number of benzene rings is 2. The number of hydrogen-bond donors (Lipinski definition) is 1. The summed E-state index contributed by atoms with van der Waals surface area (Å²) in [6.45, 7) is 3.39. The van der Waals surface area contributed by atoms with Gasteiger partial charge in [-0.05, 0) is 65.4 Å². The number of nitrogens with one attached hydrogen (secondary N) is 1. The third-order valence-corrected chi connectivity index (χ3v) is 3.95. The molecule has 0 bridgehead atoms. The van der Waals surface area contributed by atoms with Gasteiger partial charge in [-0.2, -0.15) is 0 Å². The zero-order chi connectivity index (χ0) is 13.9. The lowest BCUT2D eigenvalue weighted by Gasteiger charge is -2.21. The molecule has 2 aromatic rings. The average molecular weight is 381 g/mol. The molecule has 0 radical (unpaired) electrons. The summed E-state index contributed by atoms with van der Waals surface area (Å²) in [7, 11) is 0. The lowest BCUT2D eigenvalue weighted by atomic mass is 10.1. The van der Waals surface area contributed by atoms with Gasteiger partial charge in [0.15, 0.2) is 11.5 Å². The molecule has 0 fully saturated rings. The lowest BCUT2D eigenvalue weighted by molar-refractivity contribution is 0.171. The van der Waals surface area contributed by atoms with Crippen molar-refractivity contribution in [3.8, 4) is 11.5 Å². The van der Waals surface area contributed by atoms with E-state index in [1.807, 2.05) is 6.07 Å². The van der Waals surface area contributed by atoms with Crippen molar-refractivity contribution in [3.63, 3.8) is 0 Å². The first-order valence-electron chi connectivity index (χ1n) is 6.64. The Bertz CT molecular complexity index is 615. The topological polar surface area (TPSA) is 30.5 Å². The smallest absolute Gasteiger partial charge is 0.161 e. The van der Waals surface area contributed by atoms with Crippen LogP contribution in [0, 0.1) is 3.57 Å². The molecule has 0 spiro atoms. The molecular weight excluding hydrogens is 365 g/mol. The molecule has 1 N–H and O–H groups in total. The first-order chi connectivity index (χ1) is 9.72. The van der Waals surface area contributed by atoms with Crippen LogP contribution in [0.4, 0.5) is 5.69 Å². The van der Waals surface area contributed by atoms with Crippen LogP contribution in [-0.2, 0) is 0 Å². The predicted octanol–water partition coefficient (Wildman–Crippen LogP) is 4.24. The Morgan fingerprint density at radius 2 is 1.85 bits per heavy atom. The van der Waals surface area contributed by atoms with Crippen LogP contribution < -0.4 is 14.8 Å². The molecule has 3 nitrogen and oxygen atoms in total. The van der Waals surface area contributed by atoms with Gasteiger partial charge < -0.3 is 14.8 Å². The van der Waals surface area contributed by atoms with Crippen LogP contribution in [0.3, 0.4) is 0 Å². The molecule has 0 aromatic heterocycles. The summed E-state index contributed by atoms with van der Waals surface area (Å²) in [5.41, 5.74) is 2.31. The van der Waals surface area contributed by atoms with Gasteiger partial charge in [-0.15, -0.1) is 0 Å². The fourth-order valence-corrected chi connectivity index (χ4v) is 2.78. The monoisotopic (exact) mass is 381 g/mol. The van der Waals surface area contributed by atoms with Crippen LogP contribution in [0.15, 0.2) is 42.5 Å². The summed E-state index contributed by atoms with van der Waals surface area (Å²) in [6, 6.07) is 14.7. The molecule has 20 heavy (non-hydrogen) atoms. The molecule has 1 atom stereocenters. The molecular formula is C16H16INO2. The standard InChI is InChI=1S/C16H16INO2/c1-11(18-14-4-2-3-13(17)10-14)12-5-6-15-16(9-12)20-8-7-19-15/h2-6,9-11,18H,7-8H2,1H3. The van der Waals surface area contributed by atoms with E-state index in [9.17, 15) is 0 Å². The Morgan fingerprint density at radius 1 is 1.05 bits per heavy atom. The molecule has 0 saturated carbocycles. The highest BCUT2D eigenvalue weighted by molar-refractivity contribution is 14.1. The van der Waals surface area contributed by atoms with E-state index in [1.165, 1.54) is 9.13 Å². The van der Waals surface area contributed by atoms with Gasteiger partial charge in [-0.25, -0.2) is 0 Å². The minimum Gasteiger partial charge on any atom is -0.486 e. The van der Waals surface area contributed by atoms with Gasteiger partial charge in [0.2, 0.25) is 0 Å². The van der Waals surface area contributed by atoms with E-state index in [-0.39, 0.29) is 6.04 Å². The number of rotatable bonds is 3. The predicted molar refractivity (Wildman–Crippen MR) is 88.6 cm³/mol. The van der Waals surface area contributed by atoms with Crippen LogP contribution in [-0.4, -0.2) is 13.2 Å². The van der Waals surface area contributed by atoms with Gasteiger partial charge in [0.05, 0.1) is 0 Å². The highest BCUT2D eigenvalue weighted by Gasteiger charge is 2.14. The maximum absolute atomic E-state index is 5.63. The zero-order valence-corrected chi connectivity index (χ0v) is 13.4. The molecule has 104 valence electrons. The summed E-state index contributed by atoms with van der Waals surface area (Å²) < 4.78 is 12.4. The zero-order valence-electron chi connectivity index (χ0n) is 11.2. The second-order valence-electron chi connectivity index (χ2n) is 4.78. The van der Waals surface area contributed by atoms with E-state index >= 15 is 0 Å². The number of hydrogen-bond acceptors (Lipinski definition) is 3. The SMILES string of the molecule is CC(Nc1cccc(I)c1)c1ccc2c(c1)OCCO2. The van der Waals surface area contributed by atoms with Crippen LogP contribution in [0.2, 0.25) is 0 Å². The lowest BCUT2D eigenvalue weighted by Crippen LogP contribution is -2.16. The van der Waals surface area contributed by atoms with Gasteiger partial charge in [0.25, 0.3) is 0 Å². The third-order valence-electron chi connectivity index (χ3n) is 3.27. The second-order valence-corrected chi connectivity index (χ2v) is 6.03. The summed E-state index contributed by atoms with van der Waals surface area (Å²) in [4.78, 5) is 0. The van der Waals surface area contributed by atoms with E-state index in [0.29, 0.717) is 13.2 Å². The highest BCUT2D eigenvalue weighted by atomic mass is 127. The van der Waals surface area contributed by atoms with Gasteiger partial charge in [-0.1, -0.05) is 12.1 Å². The highest BCUT2D eigenvalue weighted by Crippen LogP contribution is 2.33. The van der Waals surface area contributed by atoms with Crippen molar-refractivity contribution in [2.24, 2.45) is 0 Å². The molecule has 4 heteroatoms. The molecule has 1 aliphatic heterocycles. The first kappa shape index (κ1) is 13.5. The first-order valence-corrected chi connectivity index (χ1v) is 7.72. The fourth-order valence-electron chi connectivity index (χ4n) is 2.24. The van der Waals surface area contributed by atoms with E-state index < -0.39 is 0 Å². The molecule has 1 aliphatic rings. The number of halogens is 1. The second kappa shape index (κ2) is 5.91. The van der Waals surface area contributed by atoms with Crippen LogP contribution in [0.5, 0.6) is 11.5 Å². The minimum atomic E-state index is 0.212. The van der Waals surface area contributed by atoms with E-state index in [1.54, 1.807) is 0 Å². The van der Waals surface area contributed by atoms with E-state index in [4.69, 9.17) is 9.47 Å². The average Bonchev–Trinajstić information content (AvgIpc) is 2.47. The van der Waals surface area contributed by atoms with Gasteiger partial charge in [0, 0.05) is 15.3 Å². The van der Waals surface area contributed by atoms with E-state index in [0.717, 1.165) is 17.2 Å². The van der Waals surface area contributed by atoms with Gasteiger partial charge in [-0.3, -0.25) is 0 Å². The Kier molecular flexibility index (Phi) is 4.00. The molecule has 3 rings (SSSR count). The van der Waals surface area contributed by atoms with Crippen molar-refractivity contribution in [3.05, 3.63) is 51.6 Å². The van der Waals surface area contributed by atoms with Crippen LogP contribution in [0.1, 0.15) is 18.5 Å². The number of ether oxygens (including phenoxy) is 2. The molecule has 0 amide bonds. The van der Waals surface area contributed by atoms with Crippen molar-refractivity contribution >= 4 is 28.3 Å². The quantitative estimate of drug-likeness (QED) is 0.808. The minimum absolute atomic E-state index is 0.212. The van der Waals surface area contributed by atoms with Crippen LogP contribution >= 0.6 is 22.6 Å². The van der Waals surface area contributed by atoms with Crippen LogP contribution in [0.25, 0.3) is 0 Å². The third kappa shape index (κ3) is 3.00. The summed E-state index contributed by atoms with van der Waals surface area (Å²) >= 11 is 2.32. The van der Waals surface area contributed by atoms with Gasteiger partial charge >= 0.3 is 0 Å². The normalized spacial score (nSPS) is 14.7. The maximum atomic E-state index is 5.63. The molecule has 1 unspecified atom stereocenters. The van der Waals surface area contributed by atoms with Gasteiger partial charge in [0.1, 0.15) is 13.2 Å². The Balaban J connectivity index is 1.78. The van der Waals surface area contributed by atoms with E-state index in [2.05, 4.69) is 71.2 Å². The Labute approximate surface area is 132 Å². The largest absolute Gasteiger partial charge is 0.486 e. The Morgan fingerprint density at radius 3 is 2.65 bits per heavy atom. The molecule has 0 aliphatic carbocycles. The summed E-state index contributed by atoms with van der Waals surface area (Å²) in [5, 5.41) is 3.50. The number of fused-ring (bicyclic) bond motifs is 1. The molecule has 1 heterocycles. The maximum Gasteiger partial charge on any atom is 0.161 e. The van der Waals surface area contributed by atoms with Crippen molar-refractivity contribution in [1.82, 2.24) is 0 Å². The molecule has 2 aromatic carbocycles. The van der Waals surface area contributed by atoms with Crippen molar-refractivity contribution in [2.45, 2.75) is 13.0 Å².